The van der Waals surface area contributed by atoms with Crippen LogP contribution in [0.5, 0.6) is 0 Å². The van der Waals surface area contributed by atoms with Gasteiger partial charge in [0.05, 0.1) is 18.7 Å². The van der Waals surface area contributed by atoms with Crippen LogP contribution in [0.3, 0.4) is 0 Å². The van der Waals surface area contributed by atoms with Crippen molar-refractivity contribution in [1.29, 1.82) is 0 Å². The summed E-state index contributed by atoms with van der Waals surface area (Å²) in [7, 11) is 0. The number of rotatable bonds is 8. The highest BCUT2D eigenvalue weighted by Gasteiger charge is 2.35. The smallest absolute Gasteiger partial charge is 0.252 e. The van der Waals surface area contributed by atoms with Gasteiger partial charge in [0.15, 0.2) is 5.82 Å². The van der Waals surface area contributed by atoms with Gasteiger partial charge in [0, 0.05) is 35.7 Å². The Bertz CT molecular complexity index is 1240. The highest BCUT2D eigenvalue weighted by molar-refractivity contribution is 5.83. The molecule has 194 valence electrons. The molecular formula is C28H40N6O2. The zero-order valence-corrected chi connectivity index (χ0v) is 22.2. The number of ether oxygens (including phenoxy) is 1. The second-order valence-corrected chi connectivity index (χ2v) is 11.2. The zero-order valence-electron chi connectivity index (χ0n) is 22.2. The van der Waals surface area contributed by atoms with Gasteiger partial charge in [-0.15, -0.1) is 5.10 Å². The molecule has 8 nitrogen and oxygen atoms in total. The van der Waals surface area contributed by atoms with Crippen LogP contribution in [0.25, 0.3) is 10.9 Å². The molecule has 0 amide bonds. The van der Waals surface area contributed by atoms with Crippen LogP contribution in [0.15, 0.2) is 23.0 Å². The maximum atomic E-state index is 13.3. The lowest BCUT2D eigenvalue weighted by Gasteiger charge is -2.41. The topological polar surface area (TPSA) is 88.9 Å². The number of hydrogen-bond acceptors (Lipinski definition) is 6. The van der Waals surface area contributed by atoms with Gasteiger partial charge in [-0.2, -0.15) is 0 Å². The first kappa shape index (κ1) is 25.1. The molecule has 2 fully saturated rings. The van der Waals surface area contributed by atoms with E-state index in [2.05, 4.69) is 71.3 Å². The summed E-state index contributed by atoms with van der Waals surface area (Å²) in [6.45, 7) is 10.7. The monoisotopic (exact) mass is 492 g/mol. The fourth-order valence-corrected chi connectivity index (χ4v) is 6.26. The summed E-state index contributed by atoms with van der Waals surface area (Å²) in [4.78, 5) is 19.0. The van der Waals surface area contributed by atoms with Gasteiger partial charge in [-0.25, -0.2) is 4.68 Å². The molecule has 36 heavy (non-hydrogen) atoms. The Hall–Kier alpha value is -2.58. The molecule has 8 heteroatoms. The molecule has 0 bridgehead atoms. The molecule has 0 spiro atoms. The first-order chi connectivity index (χ1) is 17.4. The van der Waals surface area contributed by atoms with Crippen molar-refractivity contribution in [3.8, 4) is 0 Å². The molecule has 1 aliphatic carbocycles. The second-order valence-electron chi connectivity index (χ2n) is 11.2. The van der Waals surface area contributed by atoms with Crippen molar-refractivity contribution in [3.63, 3.8) is 0 Å². The van der Waals surface area contributed by atoms with E-state index >= 15 is 0 Å². The standard InChI is InChI=1S/C28H40N6O2/c1-18(2)26(27-30-31-32-34(27)17-23-11-8-12-36-23)33(22-9-6-5-7-10-22)16-21-15-24-20(4)13-19(3)14-25(24)29-28(21)35/h13-15,18,22-23,26H,5-12,16-17H2,1-4H3,(H,29,35)/t23-,26+/m0/s1. The molecule has 5 rings (SSSR count). The van der Waals surface area contributed by atoms with E-state index in [1.807, 2.05) is 4.68 Å². The highest BCUT2D eigenvalue weighted by atomic mass is 16.5. The fraction of sp³-hybridized carbons (Fsp3) is 0.643. The number of aryl methyl sites for hydroxylation is 2. The number of hydrogen-bond donors (Lipinski definition) is 1. The largest absolute Gasteiger partial charge is 0.376 e. The number of pyridine rings is 1. The first-order valence-electron chi connectivity index (χ1n) is 13.7. The molecule has 1 saturated heterocycles. The van der Waals surface area contributed by atoms with Crippen LogP contribution in [-0.4, -0.2) is 48.8 Å². The SMILES string of the molecule is Cc1cc(C)c2cc(CN(C3CCCCC3)[C@@H](c3nnnn3C[C@@H]3CCCO3)C(C)C)c(=O)[nH]c2c1. The molecule has 1 saturated carbocycles. The molecule has 0 unspecified atom stereocenters. The number of aromatic nitrogens is 5. The Morgan fingerprint density at radius 2 is 1.92 bits per heavy atom. The Balaban J connectivity index is 1.53. The molecule has 3 aromatic rings. The van der Waals surface area contributed by atoms with Crippen molar-refractivity contribution < 1.29 is 4.74 Å². The summed E-state index contributed by atoms with van der Waals surface area (Å²) in [5, 5.41) is 14.1. The predicted molar refractivity (Wildman–Crippen MR) is 141 cm³/mol. The molecule has 1 aromatic carbocycles. The molecule has 0 radical (unpaired) electrons. The lowest BCUT2D eigenvalue weighted by atomic mass is 9.90. The Morgan fingerprint density at radius 1 is 1.11 bits per heavy atom. The molecule has 1 N–H and O–H groups in total. The average molecular weight is 493 g/mol. The summed E-state index contributed by atoms with van der Waals surface area (Å²) in [5.74, 6) is 1.17. The van der Waals surface area contributed by atoms with E-state index in [-0.39, 0.29) is 23.6 Å². The maximum absolute atomic E-state index is 13.3. The summed E-state index contributed by atoms with van der Waals surface area (Å²) in [6.07, 6.45) is 8.30. The highest BCUT2D eigenvalue weighted by Crippen LogP contribution is 2.35. The lowest BCUT2D eigenvalue weighted by molar-refractivity contribution is 0.0553. The van der Waals surface area contributed by atoms with Crippen LogP contribution in [0.2, 0.25) is 0 Å². The Morgan fingerprint density at radius 3 is 2.64 bits per heavy atom. The fourth-order valence-electron chi connectivity index (χ4n) is 6.26. The summed E-state index contributed by atoms with van der Waals surface area (Å²) < 4.78 is 7.85. The lowest BCUT2D eigenvalue weighted by Crippen LogP contribution is -2.43. The van der Waals surface area contributed by atoms with Gasteiger partial charge in [0.25, 0.3) is 5.56 Å². The van der Waals surface area contributed by atoms with Gasteiger partial charge < -0.3 is 9.72 Å². The van der Waals surface area contributed by atoms with Gasteiger partial charge in [-0.05, 0) is 79.1 Å². The van der Waals surface area contributed by atoms with E-state index < -0.39 is 0 Å². The quantitative estimate of drug-likeness (QED) is 0.484. The first-order valence-corrected chi connectivity index (χ1v) is 13.7. The van der Waals surface area contributed by atoms with Crippen molar-refractivity contribution in [3.05, 3.63) is 51.1 Å². The van der Waals surface area contributed by atoms with Crippen LogP contribution in [0.4, 0.5) is 0 Å². The molecule has 1 aliphatic heterocycles. The third kappa shape index (κ3) is 5.25. The second kappa shape index (κ2) is 10.8. The third-order valence-electron chi connectivity index (χ3n) is 8.00. The molecular weight excluding hydrogens is 452 g/mol. The Kier molecular flexibility index (Phi) is 7.53. The van der Waals surface area contributed by atoms with Crippen molar-refractivity contribution >= 4 is 10.9 Å². The zero-order chi connectivity index (χ0) is 25.2. The van der Waals surface area contributed by atoms with Gasteiger partial charge in [0.1, 0.15) is 0 Å². The van der Waals surface area contributed by atoms with Gasteiger partial charge in [-0.1, -0.05) is 39.2 Å². The van der Waals surface area contributed by atoms with E-state index in [1.165, 1.54) is 24.8 Å². The summed E-state index contributed by atoms with van der Waals surface area (Å²) in [6, 6.07) is 6.75. The molecule has 2 atom stereocenters. The van der Waals surface area contributed by atoms with E-state index in [0.717, 1.165) is 60.1 Å². The summed E-state index contributed by atoms with van der Waals surface area (Å²) in [5.41, 5.74) is 4.06. The minimum absolute atomic E-state index is 0.00485. The van der Waals surface area contributed by atoms with E-state index in [0.29, 0.717) is 19.1 Å². The van der Waals surface area contributed by atoms with Crippen LogP contribution >= 0.6 is 0 Å². The number of benzene rings is 1. The molecule has 3 heterocycles. The predicted octanol–water partition coefficient (Wildman–Crippen LogP) is 4.84. The normalized spacial score (nSPS) is 20.1. The third-order valence-corrected chi connectivity index (χ3v) is 8.00. The van der Waals surface area contributed by atoms with Crippen molar-refractivity contribution in [2.75, 3.05) is 6.61 Å². The molecule has 2 aromatic heterocycles. The number of aromatic amines is 1. The van der Waals surface area contributed by atoms with Crippen molar-refractivity contribution in [1.82, 2.24) is 30.1 Å². The van der Waals surface area contributed by atoms with Gasteiger partial charge in [0.2, 0.25) is 0 Å². The van der Waals surface area contributed by atoms with Crippen LogP contribution in [0, 0.1) is 19.8 Å². The minimum Gasteiger partial charge on any atom is -0.376 e. The van der Waals surface area contributed by atoms with Crippen LogP contribution in [-0.2, 0) is 17.8 Å². The minimum atomic E-state index is -0.00485. The molecule has 2 aliphatic rings. The van der Waals surface area contributed by atoms with Crippen molar-refractivity contribution in [2.24, 2.45) is 5.92 Å². The average Bonchev–Trinajstić information content (AvgIpc) is 3.52. The summed E-state index contributed by atoms with van der Waals surface area (Å²) >= 11 is 0. The number of nitrogens with one attached hydrogen (secondary N) is 1. The number of tetrazole rings is 1. The number of nitrogens with zero attached hydrogens (tertiary/aromatic N) is 5. The number of H-pyrrole nitrogens is 1. The van der Waals surface area contributed by atoms with Crippen LogP contribution < -0.4 is 5.56 Å². The van der Waals surface area contributed by atoms with Gasteiger partial charge >= 0.3 is 0 Å². The maximum Gasteiger partial charge on any atom is 0.252 e. The van der Waals surface area contributed by atoms with E-state index in [1.54, 1.807) is 0 Å². The Labute approximate surface area is 213 Å². The van der Waals surface area contributed by atoms with E-state index in [4.69, 9.17) is 4.74 Å². The van der Waals surface area contributed by atoms with Crippen LogP contribution in [0.1, 0.15) is 87.3 Å². The number of fused-ring (bicyclic) bond motifs is 1. The van der Waals surface area contributed by atoms with Gasteiger partial charge in [-0.3, -0.25) is 9.69 Å². The van der Waals surface area contributed by atoms with Crippen molar-refractivity contribution in [2.45, 2.75) is 104 Å². The van der Waals surface area contributed by atoms with E-state index in [9.17, 15) is 4.79 Å².